The van der Waals surface area contributed by atoms with E-state index in [2.05, 4.69) is 24.1 Å². The molecule has 1 aromatic rings. The molecule has 7 heteroatoms. The summed E-state index contributed by atoms with van der Waals surface area (Å²) in [6.45, 7) is 9.27. The van der Waals surface area contributed by atoms with Crippen molar-refractivity contribution in [1.82, 2.24) is 10.2 Å². The maximum atomic E-state index is 5.69. The van der Waals surface area contributed by atoms with Gasteiger partial charge in [-0.25, -0.2) is 0 Å². The molecule has 0 spiro atoms. The van der Waals surface area contributed by atoms with Gasteiger partial charge in [-0.05, 0) is 31.9 Å². The van der Waals surface area contributed by atoms with E-state index >= 15 is 0 Å². The Morgan fingerprint density at radius 3 is 3.00 bits per heavy atom. The largest absolute Gasteiger partial charge is 0.469 e. The molecule has 1 fully saturated rings. The fourth-order valence-corrected chi connectivity index (χ4v) is 2.84. The molecule has 1 aliphatic rings. The molecule has 150 valence electrons. The van der Waals surface area contributed by atoms with E-state index in [4.69, 9.17) is 18.9 Å². The Hall–Kier alpha value is -0.800. The average Bonchev–Trinajstić information content (AvgIpc) is 3.29. The molecule has 0 amide bonds. The van der Waals surface area contributed by atoms with Crippen LogP contribution in [0.25, 0.3) is 0 Å². The van der Waals surface area contributed by atoms with E-state index in [0.717, 1.165) is 57.2 Å². The Morgan fingerprint density at radius 1 is 1.46 bits per heavy atom. The van der Waals surface area contributed by atoms with Gasteiger partial charge in [-0.3, -0.25) is 4.99 Å². The third kappa shape index (κ3) is 8.26. The van der Waals surface area contributed by atoms with Gasteiger partial charge < -0.3 is 24.1 Å². The van der Waals surface area contributed by atoms with Gasteiger partial charge in [-0.2, -0.15) is 0 Å². The van der Waals surface area contributed by atoms with E-state index < -0.39 is 0 Å². The van der Waals surface area contributed by atoms with Gasteiger partial charge in [-0.15, -0.1) is 24.0 Å². The Labute approximate surface area is 174 Å². The number of aliphatic imine (C=N–C) groups is 1. The normalized spacial score (nSPS) is 18.7. The SMILES string of the molecule is CCC(C)NC(=NCCc1ccco1)N1CCC(COCCOC)C1.I. The molecule has 2 heterocycles. The minimum Gasteiger partial charge on any atom is -0.469 e. The van der Waals surface area contributed by atoms with Gasteiger partial charge in [0.25, 0.3) is 0 Å². The number of guanidine groups is 1. The predicted molar refractivity (Wildman–Crippen MR) is 115 cm³/mol. The quantitative estimate of drug-likeness (QED) is 0.242. The molecule has 1 N–H and O–H groups in total. The summed E-state index contributed by atoms with van der Waals surface area (Å²) < 4.78 is 16.1. The summed E-state index contributed by atoms with van der Waals surface area (Å²) in [5, 5.41) is 3.57. The first-order valence-corrected chi connectivity index (χ1v) is 9.38. The van der Waals surface area contributed by atoms with Crippen molar-refractivity contribution in [1.29, 1.82) is 0 Å². The number of hydrogen-bond donors (Lipinski definition) is 1. The van der Waals surface area contributed by atoms with Gasteiger partial charge in [0.15, 0.2) is 5.96 Å². The van der Waals surface area contributed by atoms with Gasteiger partial charge in [0.1, 0.15) is 5.76 Å². The third-order valence-corrected chi connectivity index (χ3v) is 4.56. The maximum absolute atomic E-state index is 5.69. The van der Waals surface area contributed by atoms with Crippen LogP contribution >= 0.6 is 24.0 Å². The lowest BCUT2D eigenvalue weighted by Crippen LogP contribution is -2.44. The highest BCUT2D eigenvalue weighted by Crippen LogP contribution is 2.17. The molecule has 2 unspecified atom stereocenters. The summed E-state index contributed by atoms with van der Waals surface area (Å²) in [6.07, 6.45) is 4.77. The summed E-state index contributed by atoms with van der Waals surface area (Å²) >= 11 is 0. The van der Waals surface area contributed by atoms with Crippen molar-refractivity contribution in [2.45, 2.75) is 39.2 Å². The second-order valence-electron chi connectivity index (χ2n) is 6.66. The Kier molecular flexibility index (Phi) is 12.0. The second kappa shape index (κ2) is 13.4. The maximum Gasteiger partial charge on any atom is 0.194 e. The van der Waals surface area contributed by atoms with Crippen molar-refractivity contribution in [3.8, 4) is 0 Å². The lowest BCUT2D eigenvalue weighted by Gasteiger charge is -2.25. The molecule has 6 nitrogen and oxygen atoms in total. The fourth-order valence-electron chi connectivity index (χ4n) is 2.84. The van der Waals surface area contributed by atoms with Gasteiger partial charge >= 0.3 is 0 Å². The first-order chi connectivity index (χ1) is 12.2. The molecular formula is C19H34IN3O3. The zero-order valence-corrected chi connectivity index (χ0v) is 18.6. The molecule has 2 atom stereocenters. The molecule has 1 aromatic heterocycles. The molecule has 0 aliphatic carbocycles. The number of likely N-dealkylation sites (tertiary alicyclic amines) is 1. The van der Waals surface area contributed by atoms with Crippen molar-refractivity contribution in [2.24, 2.45) is 10.9 Å². The summed E-state index contributed by atoms with van der Waals surface area (Å²) in [5.74, 6) is 2.56. The van der Waals surface area contributed by atoms with Gasteiger partial charge in [0.2, 0.25) is 0 Å². The number of rotatable bonds is 10. The molecule has 0 radical (unpaired) electrons. The van der Waals surface area contributed by atoms with Crippen LogP contribution in [0.15, 0.2) is 27.8 Å². The summed E-state index contributed by atoms with van der Waals surface area (Å²) in [5.41, 5.74) is 0. The number of nitrogens with zero attached hydrogens (tertiary/aromatic N) is 2. The molecule has 2 rings (SSSR count). The van der Waals surface area contributed by atoms with Crippen LogP contribution in [0.1, 0.15) is 32.4 Å². The van der Waals surface area contributed by atoms with Crippen LogP contribution in [0, 0.1) is 5.92 Å². The minimum atomic E-state index is 0. The number of hydrogen-bond acceptors (Lipinski definition) is 4. The van der Waals surface area contributed by atoms with E-state index in [1.807, 2.05) is 12.1 Å². The third-order valence-electron chi connectivity index (χ3n) is 4.56. The number of halogens is 1. The number of methoxy groups -OCH3 is 1. The molecule has 1 aliphatic heterocycles. The fraction of sp³-hybridized carbons (Fsp3) is 0.737. The van der Waals surface area contributed by atoms with Crippen LogP contribution in [-0.2, 0) is 15.9 Å². The Balaban J connectivity index is 0.00000338. The highest BCUT2D eigenvalue weighted by atomic mass is 127. The van der Waals surface area contributed by atoms with Crippen LogP contribution in [0.3, 0.4) is 0 Å². The Morgan fingerprint density at radius 2 is 2.31 bits per heavy atom. The number of nitrogens with one attached hydrogen (secondary N) is 1. The van der Waals surface area contributed by atoms with Crippen LogP contribution in [0.5, 0.6) is 0 Å². The average molecular weight is 479 g/mol. The van der Waals surface area contributed by atoms with Crippen LogP contribution in [0.2, 0.25) is 0 Å². The molecule has 0 saturated carbocycles. The second-order valence-corrected chi connectivity index (χ2v) is 6.66. The molecule has 0 aromatic carbocycles. The van der Waals surface area contributed by atoms with Crippen molar-refractivity contribution in [2.75, 3.05) is 46.6 Å². The van der Waals surface area contributed by atoms with Crippen molar-refractivity contribution in [3.05, 3.63) is 24.2 Å². The van der Waals surface area contributed by atoms with Crippen molar-refractivity contribution in [3.63, 3.8) is 0 Å². The van der Waals surface area contributed by atoms with Crippen molar-refractivity contribution < 1.29 is 13.9 Å². The van der Waals surface area contributed by atoms with Gasteiger partial charge in [0.05, 0.1) is 26.1 Å². The highest BCUT2D eigenvalue weighted by Gasteiger charge is 2.25. The minimum absolute atomic E-state index is 0. The standard InChI is InChI=1S/C19H33N3O3.HI/c1-4-16(2)21-19(20-9-7-18-6-5-11-25-18)22-10-8-17(14-22)15-24-13-12-23-3;/h5-6,11,16-17H,4,7-10,12-15H2,1-3H3,(H,20,21);1H. The summed E-state index contributed by atoms with van der Waals surface area (Å²) in [7, 11) is 1.70. The van der Waals surface area contributed by atoms with E-state index in [9.17, 15) is 0 Å². The predicted octanol–water partition coefficient (Wildman–Crippen LogP) is 3.17. The first kappa shape index (κ1) is 23.2. The molecule has 26 heavy (non-hydrogen) atoms. The van der Waals surface area contributed by atoms with Crippen LogP contribution in [-0.4, -0.2) is 63.5 Å². The van der Waals surface area contributed by atoms with E-state index in [-0.39, 0.29) is 24.0 Å². The van der Waals surface area contributed by atoms with Gasteiger partial charge in [-0.1, -0.05) is 6.92 Å². The van der Waals surface area contributed by atoms with E-state index in [1.165, 1.54) is 0 Å². The zero-order valence-electron chi connectivity index (χ0n) is 16.3. The number of ether oxygens (including phenoxy) is 2. The molecule has 0 bridgehead atoms. The highest BCUT2D eigenvalue weighted by molar-refractivity contribution is 14.0. The zero-order chi connectivity index (χ0) is 17.9. The van der Waals surface area contributed by atoms with Crippen LogP contribution < -0.4 is 5.32 Å². The van der Waals surface area contributed by atoms with Gasteiger partial charge in [0, 0.05) is 45.1 Å². The molecule has 1 saturated heterocycles. The van der Waals surface area contributed by atoms with E-state index in [1.54, 1.807) is 13.4 Å². The van der Waals surface area contributed by atoms with Crippen molar-refractivity contribution >= 4 is 29.9 Å². The monoisotopic (exact) mass is 479 g/mol. The lowest BCUT2D eigenvalue weighted by atomic mass is 10.1. The summed E-state index contributed by atoms with van der Waals surface area (Å²) in [6, 6.07) is 4.34. The smallest absolute Gasteiger partial charge is 0.194 e. The van der Waals surface area contributed by atoms with E-state index in [0.29, 0.717) is 25.2 Å². The number of furan rings is 1. The summed E-state index contributed by atoms with van der Waals surface area (Å²) in [4.78, 5) is 7.18. The topological polar surface area (TPSA) is 59.2 Å². The first-order valence-electron chi connectivity index (χ1n) is 9.38. The van der Waals surface area contributed by atoms with Crippen LogP contribution in [0.4, 0.5) is 0 Å². The lowest BCUT2D eigenvalue weighted by molar-refractivity contribution is 0.0536. The Bertz CT molecular complexity index is 496. The molecular weight excluding hydrogens is 445 g/mol.